The normalized spacial score (nSPS) is 15.4. The summed E-state index contributed by atoms with van der Waals surface area (Å²) < 4.78 is 4.89. The molecule has 1 unspecified atom stereocenters. The lowest BCUT2D eigenvalue weighted by Crippen LogP contribution is -2.34. The van der Waals surface area contributed by atoms with Crippen LogP contribution in [-0.4, -0.2) is 21.9 Å². The van der Waals surface area contributed by atoms with Crippen LogP contribution in [0.5, 0.6) is 0 Å². The topological polar surface area (TPSA) is 25.5 Å². The van der Waals surface area contributed by atoms with E-state index < -0.39 is 0 Å². The maximum absolute atomic E-state index is 5.29. The van der Waals surface area contributed by atoms with Gasteiger partial charge in [0.2, 0.25) is 0 Å². The molecule has 2 aliphatic rings. The number of hydrogen-bond donors (Lipinski definition) is 0. The fraction of sp³-hybridized carbons (Fsp3) is 0.0513. The van der Waals surface area contributed by atoms with Crippen molar-refractivity contribution in [1.82, 2.24) is 9.13 Å². The van der Waals surface area contributed by atoms with Crippen molar-refractivity contribution in [3.05, 3.63) is 139 Å². The Kier molecular flexibility index (Phi) is 4.41. The molecule has 6 aromatic carbocycles. The molecule has 4 heteroatoms. The van der Waals surface area contributed by atoms with Crippen LogP contribution < -0.4 is 4.90 Å². The van der Waals surface area contributed by atoms with E-state index in [1.807, 2.05) is 0 Å². The van der Waals surface area contributed by atoms with E-state index in [2.05, 4.69) is 155 Å². The lowest BCUT2D eigenvalue weighted by Gasteiger charge is -2.33. The van der Waals surface area contributed by atoms with Crippen LogP contribution in [-0.2, 0) is 0 Å². The van der Waals surface area contributed by atoms with E-state index in [1.165, 1.54) is 66.0 Å². The Hall–Kier alpha value is -5.61. The van der Waals surface area contributed by atoms with Gasteiger partial charge in [-0.15, -0.1) is 0 Å². The third kappa shape index (κ3) is 2.97. The largest absolute Gasteiger partial charge is 0.347 e. The van der Waals surface area contributed by atoms with Crippen molar-refractivity contribution in [3.63, 3.8) is 0 Å². The Morgan fingerprint density at radius 1 is 0.558 bits per heavy atom. The predicted octanol–water partition coefficient (Wildman–Crippen LogP) is 9.64. The molecule has 0 saturated heterocycles. The molecule has 0 amide bonds. The number of para-hydroxylation sites is 5. The van der Waals surface area contributed by atoms with Crippen LogP contribution in [0.1, 0.15) is 11.7 Å². The summed E-state index contributed by atoms with van der Waals surface area (Å²) in [5.74, 6) is 0. The Bertz CT molecular complexity index is 2480. The Balaban J connectivity index is 1.27. The van der Waals surface area contributed by atoms with E-state index in [0.29, 0.717) is 0 Å². The van der Waals surface area contributed by atoms with Crippen LogP contribution in [0.25, 0.3) is 60.4 Å². The number of anilines is 1. The lowest BCUT2D eigenvalue weighted by atomic mass is 9.96. The lowest BCUT2D eigenvalue weighted by molar-refractivity contribution is 0.671. The monoisotopic (exact) mass is 550 g/mol. The molecule has 0 fully saturated rings. The minimum Gasteiger partial charge on any atom is -0.347 e. The highest BCUT2D eigenvalue weighted by atomic mass is 15.3. The second-order valence-electron chi connectivity index (χ2n) is 11.7. The highest BCUT2D eigenvalue weighted by Gasteiger charge is 2.39. The molecule has 2 aliphatic heterocycles. The Morgan fingerprint density at radius 3 is 2.12 bits per heavy atom. The molecule has 0 aliphatic carbocycles. The van der Waals surface area contributed by atoms with Crippen molar-refractivity contribution in [3.8, 4) is 16.8 Å². The van der Waals surface area contributed by atoms with Crippen molar-refractivity contribution in [1.29, 1.82) is 0 Å². The van der Waals surface area contributed by atoms with Crippen LogP contribution in [0, 0.1) is 0 Å². The van der Waals surface area contributed by atoms with Gasteiger partial charge in [0.15, 0.2) is 6.17 Å². The predicted molar refractivity (Wildman–Crippen MR) is 179 cm³/mol. The third-order valence-electron chi connectivity index (χ3n) is 9.46. The van der Waals surface area contributed by atoms with Crippen molar-refractivity contribution >= 4 is 60.7 Å². The summed E-state index contributed by atoms with van der Waals surface area (Å²) in [6, 6.07) is 48.4. The van der Waals surface area contributed by atoms with E-state index in [4.69, 9.17) is 4.99 Å². The average Bonchev–Trinajstić information content (AvgIpc) is 3.69. The number of aliphatic imine (C=N–C) groups is 1. The van der Waals surface area contributed by atoms with E-state index in [1.54, 1.807) is 0 Å². The number of fused-ring (bicyclic) bond motifs is 10. The summed E-state index contributed by atoms with van der Waals surface area (Å²) >= 11 is 0. The van der Waals surface area contributed by atoms with Crippen LogP contribution in [0.3, 0.4) is 0 Å². The zero-order valence-electron chi connectivity index (χ0n) is 23.6. The second kappa shape index (κ2) is 8.24. The van der Waals surface area contributed by atoms with Gasteiger partial charge in [0.25, 0.3) is 0 Å². The fourth-order valence-electron chi connectivity index (χ4n) is 7.61. The van der Waals surface area contributed by atoms with Crippen LogP contribution >= 0.6 is 0 Å². The molecule has 1 atom stereocenters. The van der Waals surface area contributed by atoms with Crippen LogP contribution in [0.2, 0.25) is 0 Å². The summed E-state index contributed by atoms with van der Waals surface area (Å²) in [4.78, 5) is 7.68. The van der Waals surface area contributed by atoms with Gasteiger partial charge in [-0.3, -0.25) is 0 Å². The zero-order chi connectivity index (χ0) is 28.2. The van der Waals surface area contributed by atoms with Gasteiger partial charge in [0.1, 0.15) is 0 Å². The molecule has 4 nitrogen and oxygen atoms in total. The zero-order valence-corrected chi connectivity index (χ0v) is 23.6. The molecule has 0 radical (unpaired) electrons. The van der Waals surface area contributed by atoms with Crippen LogP contribution in [0.15, 0.2) is 138 Å². The molecular weight excluding hydrogens is 524 g/mol. The molecule has 4 heterocycles. The molecular formula is C39H26N4. The van der Waals surface area contributed by atoms with Crippen LogP contribution in [0.4, 0.5) is 11.4 Å². The smallest absolute Gasteiger partial charge is 0.150 e. The van der Waals surface area contributed by atoms with Gasteiger partial charge in [0, 0.05) is 39.8 Å². The quantitative estimate of drug-likeness (QED) is 0.210. The Morgan fingerprint density at radius 2 is 1.26 bits per heavy atom. The van der Waals surface area contributed by atoms with E-state index in [-0.39, 0.29) is 6.17 Å². The van der Waals surface area contributed by atoms with Gasteiger partial charge in [-0.1, -0.05) is 78.9 Å². The first kappa shape index (κ1) is 23.0. The molecule has 8 aromatic rings. The first-order valence-electron chi connectivity index (χ1n) is 14.8. The maximum Gasteiger partial charge on any atom is 0.150 e. The molecule has 43 heavy (non-hydrogen) atoms. The van der Waals surface area contributed by atoms with Gasteiger partial charge in [-0.2, -0.15) is 0 Å². The standard InChI is InChI=1S/C39H26N4/c1-41-35-18-10-7-15-32(35)40-37-31-22-25(21-30-28-14-6-9-17-34(28)43(38(30)31)39(37)41)24-19-20-29-27-13-5-8-16-33(27)42(36(29)23-24)26-11-3-2-4-12-26/h2-23,39H,1H3. The van der Waals surface area contributed by atoms with E-state index in [9.17, 15) is 0 Å². The van der Waals surface area contributed by atoms with Crippen molar-refractivity contribution in [2.75, 3.05) is 11.9 Å². The number of benzene rings is 6. The van der Waals surface area contributed by atoms with Gasteiger partial charge in [-0.05, 0) is 65.7 Å². The number of aromatic nitrogens is 2. The maximum atomic E-state index is 5.29. The van der Waals surface area contributed by atoms with E-state index >= 15 is 0 Å². The number of nitrogens with zero attached hydrogens (tertiary/aromatic N) is 4. The minimum atomic E-state index is 0.0191. The van der Waals surface area contributed by atoms with Gasteiger partial charge >= 0.3 is 0 Å². The Labute approximate surface area is 248 Å². The second-order valence-corrected chi connectivity index (χ2v) is 11.7. The summed E-state index contributed by atoms with van der Waals surface area (Å²) in [6.45, 7) is 0. The summed E-state index contributed by atoms with van der Waals surface area (Å²) in [5.41, 5.74) is 13.1. The third-order valence-corrected chi connectivity index (χ3v) is 9.46. The van der Waals surface area contributed by atoms with Crippen molar-refractivity contribution < 1.29 is 0 Å². The number of likely N-dealkylation sites (N-methyl/N-ethyl adjacent to an activating group) is 1. The SMILES string of the molecule is CN1c2ccccc2N=C2c3cc(-c4ccc5c6ccccc6n(-c6ccccc6)c5c4)cc4c5ccccc5n(c34)C21. The molecule has 202 valence electrons. The minimum absolute atomic E-state index is 0.0191. The molecule has 10 rings (SSSR count). The highest BCUT2D eigenvalue weighted by molar-refractivity contribution is 6.25. The highest BCUT2D eigenvalue weighted by Crippen LogP contribution is 2.49. The number of hydrogen-bond acceptors (Lipinski definition) is 2. The summed E-state index contributed by atoms with van der Waals surface area (Å²) in [7, 11) is 2.20. The van der Waals surface area contributed by atoms with Crippen molar-refractivity contribution in [2.24, 2.45) is 4.99 Å². The molecule has 0 saturated carbocycles. The van der Waals surface area contributed by atoms with Gasteiger partial charge in [-0.25, -0.2) is 4.99 Å². The number of rotatable bonds is 2. The van der Waals surface area contributed by atoms with Gasteiger partial charge in [0.05, 0.1) is 39.2 Å². The van der Waals surface area contributed by atoms with Gasteiger partial charge < -0.3 is 14.0 Å². The van der Waals surface area contributed by atoms with E-state index in [0.717, 1.165) is 17.1 Å². The molecule has 0 N–H and O–H groups in total. The molecule has 0 spiro atoms. The average molecular weight is 551 g/mol. The van der Waals surface area contributed by atoms with Crippen molar-refractivity contribution in [2.45, 2.75) is 6.17 Å². The molecule has 2 aromatic heterocycles. The fourth-order valence-corrected chi connectivity index (χ4v) is 7.61. The first-order chi connectivity index (χ1) is 21.3. The first-order valence-corrected chi connectivity index (χ1v) is 14.8. The summed E-state index contributed by atoms with van der Waals surface area (Å²) in [6.07, 6.45) is 0.0191. The molecule has 0 bridgehead atoms. The summed E-state index contributed by atoms with van der Waals surface area (Å²) in [5, 5.41) is 5.10.